The fourth-order valence-electron chi connectivity index (χ4n) is 3.72. The number of methoxy groups -OCH3 is 1. The van der Waals surface area contributed by atoms with E-state index in [-0.39, 0.29) is 11.5 Å². The van der Waals surface area contributed by atoms with Gasteiger partial charge in [0, 0.05) is 38.0 Å². The molecule has 0 amide bonds. The standard InChI is InChI=1S/C18H22N4O3.C2HF3O2/c1-23-17-10-15(20-13-21-17)22-8-5-14-18(11-22,6-9-24-14)12-25-16-4-2-3-7-19-16;3-2(4,5)1(6)7/h2-4,7,10,13-14H,5-6,8-9,11-12H2,1H3;(H,6,7)/t14-,18+;/m1./s1. The van der Waals surface area contributed by atoms with E-state index in [9.17, 15) is 13.2 Å². The molecule has 2 aliphatic heterocycles. The number of pyridine rings is 1. The molecule has 12 heteroatoms. The zero-order valence-corrected chi connectivity index (χ0v) is 17.3. The van der Waals surface area contributed by atoms with Crippen molar-refractivity contribution in [1.29, 1.82) is 0 Å². The number of fused-ring (bicyclic) bond motifs is 1. The third-order valence-corrected chi connectivity index (χ3v) is 5.32. The highest BCUT2D eigenvalue weighted by Gasteiger charge is 2.49. The van der Waals surface area contributed by atoms with Crippen molar-refractivity contribution >= 4 is 11.8 Å². The number of aliphatic carboxylic acids is 1. The number of alkyl halides is 3. The molecular weight excluding hydrogens is 433 g/mol. The Morgan fingerprint density at radius 2 is 2.09 bits per heavy atom. The molecule has 0 aromatic carbocycles. The number of rotatable bonds is 5. The molecule has 9 nitrogen and oxygen atoms in total. The number of ether oxygens (including phenoxy) is 3. The van der Waals surface area contributed by atoms with E-state index >= 15 is 0 Å². The SMILES string of the molecule is COc1cc(N2CC[C@H]3OCC[C@@]3(COc3ccccn3)C2)ncn1.O=C(O)C(F)(F)F. The monoisotopic (exact) mass is 456 g/mol. The number of nitrogens with zero attached hydrogens (tertiary/aromatic N) is 4. The van der Waals surface area contributed by atoms with Crippen LogP contribution in [0.1, 0.15) is 12.8 Å². The maximum absolute atomic E-state index is 10.6. The number of anilines is 1. The third-order valence-electron chi connectivity index (χ3n) is 5.32. The Balaban J connectivity index is 0.000000360. The summed E-state index contributed by atoms with van der Waals surface area (Å²) in [5, 5.41) is 7.12. The van der Waals surface area contributed by atoms with Crippen molar-refractivity contribution < 1.29 is 37.3 Å². The van der Waals surface area contributed by atoms with Crippen LogP contribution in [-0.2, 0) is 9.53 Å². The van der Waals surface area contributed by atoms with E-state index in [1.54, 1.807) is 19.6 Å². The van der Waals surface area contributed by atoms with Gasteiger partial charge in [0.15, 0.2) is 0 Å². The van der Waals surface area contributed by atoms with Gasteiger partial charge < -0.3 is 24.2 Å². The van der Waals surface area contributed by atoms with Crippen LogP contribution in [0, 0.1) is 5.41 Å². The molecule has 0 spiro atoms. The first-order valence-electron chi connectivity index (χ1n) is 9.80. The highest BCUT2D eigenvalue weighted by atomic mass is 19.4. The Kier molecular flexibility index (Phi) is 7.33. The molecular formula is C20H23F3N4O5. The van der Waals surface area contributed by atoms with Crippen molar-refractivity contribution in [1.82, 2.24) is 15.0 Å². The molecule has 2 fully saturated rings. The van der Waals surface area contributed by atoms with Crippen molar-refractivity contribution in [3.05, 3.63) is 36.8 Å². The molecule has 174 valence electrons. The van der Waals surface area contributed by atoms with Gasteiger partial charge in [0.05, 0.1) is 25.2 Å². The van der Waals surface area contributed by atoms with Crippen molar-refractivity contribution in [2.75, 3.05) is 38.3 Å². The second-order valence-corrected chi connectivity index (χ2v) is 7.36. The Labute approximate surface area is 182 Å². The van der Waals surface area contributed by atoms with Gasteiger partial charge in [-0.3, -0.25) is 0 Å². The van der Waals surface area contributed by atoms with Gasteiger partial charge in [-0.15, -0.1) is 0 Å². The van der Waals surface area contributed by atoms with E-state index < -0.39 is 12.1 Å². The fraction of sp³-hybridized carbons (Fsp3) is 0.500. The first kappa shape index (κ1) is 23.5. The van der Waals surface area contributed by atoms with E-state index in [1.807, 2.05) is 24.3 Å². The highest BCUT2D eigenvalue weighted by Crippen LogP contribution is 2.42. The van der Waals surface area contributed by atoms with Crippen LogP contribution >= 0.6 is 0 Å². The van der Waals surface area contributed by atoms with E-state index in [1.165, 1.54) is 0 Å². The topological polar surface area (TPSA) is 107 Å². The highest BCUT2D eigenvalue weighted by molar-refractivity contribution is 5.73. The molecule has 4 rings (SSSR count). The summed E-state index contributed by atoms with van der Waals surface area (Å²) in [4.78, 5) is 23.9. The smallest absolute Gasteiger partial charge is 0.481 e. The third kappa shape index (κ3) is 5.75. The number of halogens is 3. The molecule has 0 bridgehead atoms. The van der Waals surface area contributed by atoms with Crippen LogP contribution < -0.4 is 14.4 Å². The van der Waals surface area contributed by atoms with E-state index in [4.69, 9.17) is 24.1 Å². The zero-order chi connectivity index (χ0) is 23.2. The lowest BCUT2D eigenvalue weighted by Gasteiger charge is -2.43. The quantitative estimate of drug-likeness (QED) is 0.726. The van der Waals surface area contributed by atoms with Crippen molar-refractivity contribution in [3.8, 4) is 11.8 Å². The first-order valence-corrected chi connectivity index (χ1v) is 9.80. The van der Waals surface area contributed by atoms with E-state index in [0.29, 0.717) is 18.4 Å². The molecule has 2 aliphatic rings. The van der Waals surface area contributed by atoms with Gasteiger partial charge in [-0.25, -0.2) is 19.7 Å². The van der Waals surface area contributed by atoms with Crippen LogP contribution in [-0.4, -0.2) is 71.7 Å². The minimum absolute atomic E-state index is 0.0477. The van der Waals surface area contributed by atoms with Crippen LogP contribution in [0.4, 0.5) is 19.0 Å². The average molecular weight is 456 g/mol. The van der Waals surface area contributed by atoms with Gasteiger partial charge in [-0.05, 0) is 18.9 Å². The molecule has 2 aromatic heterocycles. The van der Waals surface area contributed by atoms with Crippen LogP contribution in [0.3, 0.4) is 0 Å². The van der Waals surface area contributed by atoms with E-state index in [2.05, 4.69) is 19.9 Å². The van der Waals surface area contributed by atoms with Gasteiger partial charge in [-0.2, -0.15) is 13.2 Å². The second kappa shape index (κ2) is 9.98. The summed E-state index contributed by atoms with van der Waals surface area (Å²) in [6.45, 7) is 3.10. The van der Waals surface area contributed by atoms with Crippen LogP contribution in [0.2, 0.25) is 0 Å². The molecule has 4 heterocycles. The lowest BCUT2D eigenvalue weighted by atomic mass is 9.77. The minimum atomic E-state index is -5.08. The summed E-state index contributed by atoms with van der Waals surface area (Å²) in [6, 6.07) is 7.58. The number of carbonyl (C=O) groups is 1. The lowest BCUT2D eigenvalue weighted by molar-refractivity contribution is -0.192. The number of carboxylic acid groups (broad SMARTS) is 1. The summed E-state index contributed by atoms with van der Waals surface area (Å²) < 4.78 is 49.0. The molecule has 0 radical (unpaired) electrons. The maximum atomic E-state index is 10.6. The number of carboxylic acids is 1. The number of hydrogen-bond acceptors (Lipinski definition) is 8. The molecule has 2 saturated heterocycles. The van der Waals surface area contributed by atoms with Crippen molar-refractivity contribution in [2.45, 2.75) is 25.1 Å². The lowest BCUT2D eigenvalue weighted by Crippen LogP contribution is -2.52. The molecule has 2 atom stereocenters. The number of aromatic nitrogens is 3. The molecule has 32 heavy (non-hydrogen) atoms. The molecule has 0 aliphatic carbocycles. The van der Waals surface area contributed by atoms with Gasteiger partial charge in [0.1, 0.15) is 12.1 Å². The largest absolute Gasteiger partial charge is 0.490 e. The van der Waals surface area contributed by atoms with Gasteiger partial charge in [0.2, 0.25) is 11.8 Å². The predicted molar refractivity (Wildman–Crippen MR) is 106 cm³/mol. The normalized spacial score (nSPS) is 22.4. The Morgan fingerprint density at radius 3 is 2.75 bits per heavy atom. The zero-order valence-electron chi connectivity index (χ0n) is 17.3. The molecule has 0 unspecified atom stereocenters. The van der Waals surface area contributed by atoms with Gasteiger partial charge in [-0.1, -0.05) is 6.07 Å². The van der Waals surface area contributed by atoms with Crippen molar-refractivity contribution in [2.24, 2.45) is 5.41 Å². The predicted octanol–water partition coefficient (Wildman–Crippen LogP) is 2.58. The fourth-order valence-corrected chi connectivity index (χ4v) is 3.72. The van der Waals surface area contributed by atoms with Gasteiger partial charge in [0.25, 0.3) is 0 Å². The second-order valence-electron chi connectivity index (χ2n) is 7.36. The Morgan fingerprint density at radius 1 is 1.31 bits per heavy atom. The van der Waals surface area contributed by atoms with Crippen LogP contribution in [0.25, 0.3) is 0 Å². The average Bonchev–Trinajstić information content (AvgIpc) is 3.21. The minimum Gasteiger partial charge on any atom is -0.481 e. The Bertz CT molecular complexity index is 902. The van der Waals surface area contributed by atoms with Crippen molar-refractivity contribution in [3.63, 3.8) is 0 Å². The van der Waals surface area contributed by atoms with Crippen LogP contribution in [0.15, 0.2) is 36.8 Å². The number of piperidine rings is 1. The molecule has 2 aromatic rings. The molecule has 0 saturated carbocycles. The summed E-state index contributed by atoms with van der Waals surface area (Å²) in [5.74, 6) is -0.640. The summed E-state index contributed by atoms with van der Waals surface area (Å²) in [7, 11) is 1.62. The first-order chi connectivity index (χ1) is 15.2. The summed E-state index contributed by atoms with van der Waals surface area (Å²) >= 11 is 0. The number of hydrogen-bond donors (Lipinski definition) is 1. The summed E-state index contributed by atoms with van der Waals surface area (Å²) in [5.41, 5.74) is -0.0477. The maximum Gasteiger partial charge on any atom is 0.490 e. The summed E-state index contributed by atoms with van der Waals surface area (Å²) in [6.07, 6.45) is 0.357. The Hall–Kier alpha value is -3.15. The van der Waals surface area contributed by atoms with Gasteiger partial charge >= 0.3 is 12.1 Å². The molecule has 1 N–H and O–H groups in total. The van der Waals surface area contributed by atoms with Crippen LogP contribution in [0.5, 0.6) is 11.8 Å². The van der Waals surface area contributed by atoms with E-state index in [0.717, 1.165) is 38.4 Å².